The number of carbonyl (C=O) groups excluding carboxylic acids is 4. The molecule has 0 radical (unpaired) electrons. The van der Waals surface area contributed by atoms with E-state index < -0.39 is 55.7 Å². The van der Waals surface area contributed by atoms with E-state index in [4.69, 9.17) is 9.47 Å². The second kappa shape index (κ2) is 17.6. The summed E-state index contributed by atoms with van der Waals surface area (Å²) in [6.45, 7) is 7.19. The number of pyridine rings is 1. The van der Waals surface area contributed by atoms with Crippen LogP contribution in [-0.4, -0.2) is 71.4 Å². The highest BCUT2D eigenvalue weighted by Crippen LogP contribution is 2.49. The minimum Gasteiger partial charge on any atom is -0.451 e. The predicted molar refractivity (Wildman–Crippen MR) is 231 cm³/mol. The average molecular weight is 841 g/mol. The molecular formula is C48H48N4O8S. The van der Waals surface area contributed by atoms with Gasteiger partial charge in [0.05, 0.1) is 11.3 Å². The standard InChI is InChI=1S/C48H48N4O8S/c1-47(2,37-24-22-33(23-25-37)32-16-8-5-9-17-32)60-46(56)51-28-15-14-27-50-42(53)36-26-29-49-38(30-36)31-39-43(54)52-41(48(3,4)61(57,58)44(39)52)45(55)59-40(34-18-10-6-11-19-34)35-20-12-7-13-21-35/h5-13,16-26,29-31,40-41,44H,14-15,27-28H2,1-4H3,(H,50,53)(H,51,56)/b39-31-/t41-,44?/m0/s1. The number of amides is 3. The Kier molecular flexibility index (Phi) is 12.2. The number of nitrogens with one attached hydrogen (secondary N) is 2. The fourth-order valence-corrected chi connectivity index (χ4v) is 9.80. The Morgan fingerprint density at radius 1 is 0.803 bits per heavy atom. The van der Waals surface area contributed by atoms with E-state index in [9.17, 15) is 27.6 Å². The number of ether oxygens (including phenoxy) is 2. The number of benzene rings is 4. The van der Waals surface area contributed by atoms with Crippen LogP contribution in [0.2, 0.25) is 0 Å². The van der Waals surface area contributed by atoms with Crippen LogP contribution in [0.3, 0.4) is 0 Å². The van der Waals surface area contributed by atoms with Crippen molar-refractivity contribution >= 4 is 39.8 Å². The van der Waals surface area contributed by atoms with Gasteiger partial charge in [0.25, 0.3) is 11.8 Å². The van der Waals surface area contributed by atoms with Crippen LogP contribution in [0.4, 0.5) is 4.79 Å². The number of hydrogen-bond acceptors (Lipinski definition) is 9. The number of rotatable bonds is 14. The molecule has 13 heteroatoms. The van der Waals surface area contributed by atoms with Crippen molar-refractivity contribution in [3.05, 3.63) is 167 Å². The predicted octanol–water partition coefficient (Wildman–Crippen LogP) is 7.38. The lowest BCUT2D eigenvalue weighted by Crippen LogP contribution is -2.59. The molecule has 3 amide bonds. The summed E-state index contributed by atoms with van der Waals surface area (Å²) < 4.78 is 38.1. The number of nitrogens with zero attached hydrogens (tertiary/aromatic N) is 2. The van der Waals surface area contributed by atoms with E-state index in [1.807, 2.05) is 129 Å². The van der Waals surface area contributed by atoms with Crippen molar-refractivity contribution in [1.29, 1.82) is 0 Å². The van der Waals surface area contributed by atoms with E-state index in [2.05, 4.69) is 15.6 Å². The van der Waals surface area contributed by atoms with Crippen LogP contribution in [0.5, 0.6) is 0 Å². The number of β-lactam (4-membered cyclic amide) rings is 1. The molecule has 2 aliphatic heterocycles. The van der Waals surface area contributed by atoms with Crippen molar-refractivity contribution in [2.24, 2.45) is 0 Å². The highest BCUT2D eigenvalue weighted by Gasteiger charge is 2.70. The summed E-state index contributed by atoms with van der Waals surface area (Å²) in [6.07, 6.45) is 2.52. The largest absolute Gasteiger partial charge is 0.451 e. The zero-order chi connectivity index (χ0) is 43.4. The van der Waals surface area contributed by atoms with Gasteiger partial charge in [-0.25, -0.2) is 18.0 Å². The molecule has 0 saturated carbocycles. The maximum Gasteiger partial charge on any atom is 0.408 e. The molecular weight excluding hydrogens is 793 g/mol. The number of sulfone groups is 1. The maximum atomic E-state index is 14.0. The molecule has 0 aliphatic carbocycles. The Bertz CT molecular complexity index is 2510. The van der Waals surface area contributed by atoms with Gasteiger partial charge >= 0.3 is 12.1 Å². The molecule has 3 heterocycles. The smallest absolute Gasteiger partial charge is 0.408 e. The van der Waals surface area contributed by atoms with E-state index in [1.165, 1.54) is 38.3 Å². The molecule has 1 aromatic heterocycles. The van der Waals surface area contributed by atoms with E-state index in [0.717, 1.165) is 21.6 Å². The van der Waals surface area contributed by atoms with Crippen LogP contribution in [0.25, 0.3) is 17.2 Å². The Balaban J connectivity index is 0.916. The molecule has 1 unspecified atom stereocenters. The fourth-order valence-electron chi connectivity index (χ4n) is 7.68. The van der Waals surface area contributed by atoms with Gasteiger partial charge in [0.15, 0.2) is 27.4 Å². The van der Waals surface area contributed by atoms with Gasteiger partial charge in [-0.05, 0) is 86.6 Å². The quantitative estimate of drug-likeness (QED) is 0.0503. The monoisotopic (exact) mass is 840 g/mol. The fraction of sp³-hybridized carbons (Fsp3) is 0.271. The molecule has 2 aliphatic rings. The van der Waals surface area contributed by atoms with Crippen LogP contribution in [0, 0.1) is 0 Å². The molecule has 2 fully saturated rings. The van der Waals surface area contributed by atoms with Gasteiger partial charge in [-0.1, -0.05) is 115 Å². The summed E-state index contributed by atoms with van der Waals surface area (Å²) in [7, 11) is -4.12. The molecule has 2 saturated heterocycles. The molecule has 7 rings (SSSR count). The lowest BCUT2D eigenvalue weighted by Gasteiger charge is -2.38. The molecule has 12 nitrogen and oxygen atoms in total. The van der Waals surface area contributed by atoms with Gasteiger partial charge in [0.2, 0.25) is 0 Å². The van der Waals surface area contributed by atoms with Gasteiger partial charge in [-0.2, -0.15) is 0 Å². The number of unbranched alkanes of at least 4 members (excludes halogenated alkanes) is 1. The summed E-state index contributed by atoms with van der Waals surface area (Å²) in [5.74, 6) is -1.86. The first-order valence-electron chi connectivity index (χ1n) is 20.1. The SMILES string of the molecule is CC(C)(OC(=O)NCCCCNC(=O)c1ccnc(/C=C2/C(=O)N3C2S(=O)(=O)C(C)(C)[C@@H]3C(=O)OC(c2ccccc2)c2ccccc2)c1)c1ccc(-c2ccccc2)cc1. The summed E-state index contributed by atoms with van der Waals surface area (Å²) in [4.78, 5) is 58.7. The molecule has 2 N–H and O–H groups in total. The zero-order valence-electron chi connectivity index (χ0n) is 34.4. The zero-order valence-corrected chi connectivity index (χ0v) is 35.2. The number of carbonyl (C=O) groups is 4. The maximum absolute atomic E-state index is 14.0. The summed E-state index contributed by atoms with van der Waals surface area (Å²) in [5.41, 5.74) is 3.98. The lowest BCUT2D eigenvalue weighted by atomic mass is 9.94. The van der Waals surface area contributed by atoms with Crippen LogP contribution in [0.1, 0.15) is 79.4 Å². The van der Waals surface area contributed by atoms with Gasteiger partial charge in [0.1, 0.15) is 10.3 Å². The molecule has 314 valence electrons. The van der Waals surface area contributed by atoms with Gasteiger partial charge < -0.3 is 25.0 Å². The van der Waals surface area contributed by atoms with Crippen LogP contribution < -0.4 is 10.6 Å². The second-order valence-electron chi connectivity index (χ2n) is 16.1. The van der Waals surface area contributed by atoms with Crippen molar-refractivity contribution in [2.45, 2.75) is 68.4 Å². The Morgan fingerprint density at radius 2 is 1.36 bits per heavy atom. The average Bonchev–Trinajstić information content (AvgIpc) is 3.41. The summed E-state index contributed by atoms with van der Waals surface area (Å²) in [6, 6.07) is 37.7. The van der Waals surface area contributed by atoms with Crippen molar-refractivity contribution < 1.29 is 37.1 Å². The third kappa shape index (κ3) is 8.83. The van der Waals surface area contributed by atoms with Crippen LogP contribution >= 0.6 is 0 Å². The van der Waals surface area contributed by atoms with E-state index in [1.54, 1.807) is 0 Å². The van der Waals surface area contributed by atoms with Crippen LogP contribution in [-0.2, 0) is 34.5 Å². The number of aromatic nitrogens is 1. The van der Waals surface area contributed by atoms with Crippen molar-refractivity contribution in [3.8, 4) is 11.1 Å². The van der Waals surface area contributed by atoms with E-state index in [-0.39, 0.29) is 22.7 Å². The summed E-state index contributed by atoms with van der Waals surface area (Å²) in [5, 5.41) is 4.23. The lowest BCUT2D eigenvalue weighted by molar-refractivity contribution is -0.160. The molecule has 61 heavy (non-hydrogen) atoms. The minimum atomic E-state index is -4.12. The number of alkyl carbamates (subject to hydrolysis) is 1. The third-order valence-electron chi connectivity index (χ3n) is 11.2. The van der Waals surface area contributed by atoms with Crippen molar-refractivity contribution in [2.75, 3.05) is 13.1 Å². The molecule has 0 bridgehead atoms. The molecule has 2 atom stereocenters. The first-order valence-corrected chi connectivity index (χ1v) is 21.7. The topological polar surface area (TPSA) is 161 Å². The first-order chi connectivity index (χ1) is 29.2. The van der Waals surface area contributed by atoms with Gasteiger partial charge in [-0.3, -0.25) is 14.6 Å². The minimum absolute atomic E-state index is 0.0496. The second-order valence-corrected chi connectivity index (χ2v) is 18.6. The van der Waals surface area contributed by atoms with E-state index >= 15 is 0 Å². The van der Waals surface area contributed by atoms with Gasteiger partial charge in [-0.15, -0.1) is 0 Å². The van der Waals surface area contributed by atoms with Crippen molar-refractivity contribution in [1.82, 2.24) is 20.5 Å². The summed E-state index contributed by atoms with van der Waals surface area (Å²) >= 11 is 0. The highest BCUT2D eigenvalue weighted by molar-refractivity contribution is 7.94. The number of hydrogen-bond donors (Lipinski definition) is 2. The van der Waals surface area contributed by atoms with Gasteiger partial charge in [0, 0.05) is 24.8 Å². The van der Waals surface area contributed by atoms with Crippen LogP contribution in [0.15, 0.2) is 139 Å². The third-order valence-corrected chi connectivity index (χ3v) is 13.9. The van der Waals surface area contributed by atoms with E-state index in [0.29, 0.717) is 37.1 Å². The highest BCUT2D eigenvalue weighted by atomic mass is 32.2. The first kappa shape index (κ1) is 42.5. The Morgan fingerprint density at radius 3 is 1.97 bits per heavy atom. The Labute approximate surface area is 355 Å². The normalized spacial score (nSPS) is 18.2. The van der Waals surface area contributed by atoms with Crippen molar-refractivity contribution in [3.63, 3.8) is 0 Å². The number of esters is 1. The number of fused-ring (bicyclic) bond motifs is 1. The molecule has 5 aromatic rings. The molecule has 0 spiro atoms. The Hall–Kier alpha value is -6.60. The molecule has 4 aromatic carbocycles.